The molecular weight excluding hydrogens is 184 g/mol. The molecule has 2 aliphatic heterocycles. The Balaban J connectivity index is 2.19. The number of anilines is 1. The summed E-state index contributed by atoms with van der Waals surface area (Å²) in [5.41, 5.74) is 3.04. The van der Waals surface area contributed by atoms with Gasteiger partial charge in [0.05, 0.1) is 6.17 Å². The van der Waals surface area contributed by atoms with Crippen molar-refractivity contribution in [3.63, 3.8) is 0 Å². The van der Waals surface area contributed by atoms with Crippen molar-refractivity contribution in [1.82, 2.24) is 4.90 Å². The molecule has 2 nitrogen and oxygen atoms in total. The fraction of sp³-hybridized carbons (Fsp3) is 0.538. The zero-order chi connectivity index (χ0) is 10.6. The number of likely N-dealkylation sites (N-methyl/N-ethyl adjacent to an activating group) is 2. The van der Waals surface area contributed by atoms with Gasteiger partial charge in [-0.1, -0.05) is 19.1 Å². The van der Waals surface area contributed by atoms with E-state index in [4.69, 9.17) is 0 Å². The summed E-state index contributed by atoms with van der Waals surface area (Å²) in [4.78, 5) is 4.85. The Morgan fingerprint density at radius 3 is 3.07 bits per heavy atom. The SMILES string of the molecule is CN1CC[C@@]2(C)c3[c]cccc3N(C)[C@@H]12. The number of likely N-dealkylation sites (tertiary alicyclic amines) is 1. The standard InChI is InChI=1S/C13H17N2/c1-13-8-9-14(2)12(13)15(3)11-7-5-4-6-10(11)13/h4-5,7,12H,8-9H2,1-3H3/t12-,13+/m1/s1. The third kappa shape index (κ3) is 0.979. The Morgan fingerprint density at radius 1 is 1.47 bits per heavy atom. The highest BCUT2D eigenvalue weighted by atomic mass is 15.4. The molecule has 1 radical (unpaired) electrons. The van der Waals surface area contributed by atoms with E-state index in [0.29, 0.717) is 6.17 Å². The second kappa shape index (κ2) is 2.76. The minimum Gasteiger partial charge on any atom is -0.358 e. The molecule has 0 aliphatic carbocycles. The molecule has 1 aromatic rings. The molecule has 1 aromatic carbocycles. The Bertz CT molecular complexity index is 401. The topological polar surface area (TPSA) is 6.48 Å². The summed E-state index contributed by atoms with van der Waals surface area (Å²) in [6.07, 6.45) is 1.76. The van der Waals surface area contributed by atoms with E-state index in [0.717, 1.165) is 0 Å². The fourth-order valence-corrected chi connectivity index (χ4v) is 3.43. The van der Waals surface area contributed by atoms with Crippen molar-refractivity contribution in [2.24, 2.45) is 0 Å². The lowest BCUT2D eigenvalue weighted by Crippen LogP contribution is -2.45. The van der Waals surface area contributed by atoms with Gasteiger partial charge in [0.1, 0.15) is 0 Å². The molecule has 0 bridgehead atoms. The third-order valence-electron chi connectivity index (χ3n) is 4.12. The van der Waals surface area contributed by atoms with Crippen LogP contribution in [-0.2, 0) is 5.41 Å². The van der Waals surface area contributed by atoms with Gasteiger partial charge in [-0.25, -0.2) is 0 Å². The number of hydrogen-bond acceptors (Lipinski definition) is 2. The molecule has 2 aliphatic rings. The summed E-state index contributed by atoms with van der Waals surface area (Å²) in [5.74, 6) is 0. The van der Waals surface area contributed by atoms with Crippen LogP contribution in [0.3, 0.4) is 0 Å². The first-order valence-electron chi connectivity index (χ1n) is 5.59. The molecule has 0 N–H and O–H groups in total. The maximum Gasteiger partial charge on any atom is 0.0912 e. The maximum absolute atomic E-state index is 3.44. The molecule has 1 fully saturated rings. The van der Waals surface area contributed by atoms with Crippen molar-refractivity contribution in [3.8, 4) is 0 Å². The van der Waals surface area contributed by atoms with Crippen molar-refractivity contribution in [3.05, 3.63) is 29.8 Å². The number of rotatable bonds is 0. The van der Waals surface area contributed by atoms with Gasteiger partial charge in [0.15, 0.2) is 0 Å². The normalized spacial score (nSPS) is 34.3. The lowest BCUT2D eigenvalue weighted by Gasteiger charge is -2.32. The van der Waals surface area contributed by atoms with E-state index in [1.54, 1.807) is 0 Å². The van der Waals surface area contributed by atoms with Crippen LogP contribution in [0, 0.1) is 6.07 Å². The first-order valence-corrected chi connectivity index (χ1v) is 5.59. The van der Waals surface area contributed by atoms with Gasteiger partial charge >= 0.3 is 0 Å². The molecule has 0 spiro atoms. The lowest BCUT2D eigenvalue weighted by atomic mass is 9.81. The van der Waals surface area contributed by atoms with E-state index in [1.165, 1.54) is 24.2 Å². The van der Waals surface area contributed by atoms with Crippen molar-refractivity contribution in [2.75, 3.05) is 25.5 Å². The van der Waals surface area contributed by atoms with Crippen molar-refractivity contribution in [2.45, 2.75) is 24.9 Å². The van der Waals surface area contributed by atoms with Crippen molar-refractivity contribution < 1.29 is 0 Å². The second-order valence-electron chi connectivity index (χ2n) is 5.06. The minimum atomic E-state index is 0.278. The van der Waals surface area contributed by atoms with Gasteiger partial charge in [-0.3, -0.25) is 4.90 Å². The van der Waals surface area contributed by atoms with Crippen LogP contribution in [0.5, 0.6) is 0 Å². The predicted octanol–water partition coefficient (Wildman–Crippen LogP) is 1.86. The van der Waals surface area contributed by atoms with Gasteiger partial charge in [0.25, 0.3) is 0 Å². The van der Waals surface area contributed by atoms with E-state index in [1.807, 2.05) is 6.07 Å². The maximum atomic E-state index is 3.44. The smallest absolute Gasteiger partial charge is 0.0912 e. The van der Waals surface area contributed by atoms with E-state index in [2.05, 4.69) is 49.0 Å². The van der Waals surface area contributed by atoms with Gasteiger partial charge in [-0.2, -0.15) is 0 Å². The summed E-state index contributed by atoms with van der Waals surface area (Å²) in [5, 5.41) is 0. The summed E-state index contributed by atoms with van der Waals surface area (Å²) in [6.45, 7) is 3.56. The van der Waals surface area contributed by atoms with Crippen LogP contribution in [0.15, 0.2) is 18.2 Å². The monoisotopic (exact) mass is 201 g/mol. The fourth-order valence-electron chi connectivity index (χ4n) is 3.43. The number of fused-ring (bicyclic) bond motifs is 3. The summed E-state index contributed by atoms with van der Waals surface area (Å²) >= 11 is 0. The third-order valence-corrected chi connectivity index (χ3v) is 4.12. The molecule has 0 saturated carbocycles. The number of benzene rings is 1. The molecule has 79 valence electrons. The molecule has 0 amide bonds. The molecule has 1 saturated heterocycles. The van der Waals surface area contributed by atoms with Crippen LogP contribution >= 0.6 is 0 Å². The summed E-state index contributed by atoms with van der Waals surface area (Å²) in [7, 11) is 4.42. The Hall–Kier alpha value is -1.02. The average molecular weight is 201 g/mol. The van der Waals surface area contributed by atoms with E-state index in [-0.39, 0.29) is 5.41 Å². The molecule has 0 aromatic heterocycles. The highest BCUT2D eigenvalue weighted by molar-refractivity contribution is 5.63. The summed E-state index contributed by atoms with van der Waals surface area (Å²) in [6, 6.07) is 9.78. The molecule has 3 rings (SSSR count). The summed E-state index contributed by atoms with van der Waals surface area (Å²) < 4.78 is 0. The Kier molecular flexibility index (Phi) is 1.70. The molecule has 2 heteroatoms. The van der Waals surface area contributed by atoms with E-state index >= 15 is 0 Å². The number of hydrogen-bond donors (Lipinski definition) is 0. The van der Waals surface area contributed by atoms with Crippen LogP contribution < -0.4 is 4.90 Å². The minimum absolute atomic E-state index is 0.278. The van der Waals surface area contributed by atoms with Gasteiger partial charge < -0.3 is 4.90 Å². The van der Waals surface area contributed by atoms with Crippen LogP contribution in [0.4, 0.5) is 5.69 Å². The quantitative estimate of drug-likeness (QED) is 0.632. The first kappa shape index (κ1) is 9.22. The van der Waals surface area contributed by atoms with Crippen molar-refractivity contribution in [1.29, 1.82) is 0 Å². The molecule has 15 heavy (non-hydrogen) atoms. The molecule has 2 atom stereocenters. The Morgan fingerprint density at radius 2 is 2.27 bits per heavy atom. The van der Waals surface area contributed by atoms with Gasteiger partial charge in [0.2, 0.25) is 0 Å². The molecule has 0 unspecified atom stereocenters. The molecule has 2 heterocycles. The highest BCUT2D eigenvalue weighted by Gasteiger charge is 2.51. The van der Waals surface area contributed by atoms with Crippen LogP contribution in [-0.4, -0.2) is 31.7 Å². The van der Waals surface area contributed by atoms with Crippen LogP contribution in [0.2, 0.25) is 0 Å². The predicted molar refractivity (Wildman–Crippen MR) is 62.1 cm³/mol. The second-order valence-corrected chi connectivity index (χ2v) is 5.06. The van der Waals surface area contributed by atoms with Crippen molar-refractivity contribution >= 4 is 5.69 Å². The molecular formula is C13H17N2. The largest absolute Gasteiger partial charge is 0.358 e. The van der Waals surface area contributed by atoms with Crippen LogP contribution in [0.25, 0.3) is 0 Å². The van der Waals surface area contributed by atoms with Crippen LogP contribution in [0.1, 0.15) is 18.9 Å². The zero-order valence-electron chi connectivity index (χ0n) is 9.62. The van der Waals surface area contributed by atoms with Gasteiger partial charge in [0, 0.05) is 24.7 Å². The number of nitrogens with zero attached hydrogens (tertiary/aromatic N) is 2. The van der Waals surface area contributed by atoms with E-state index in [9.17, 15) is 0 Å². The average Bonchev–Trinajstić information content (AvgIpc) is 2.65. The van der Waals surface area contributed by atoms with Gasteiger partial charge in [-0.15, -0.1) is 0 Å². The lowest BCUT2D eigenvalue weighted by molar-refractivity contribution is 0.268. The Labute approximate surface area is 91.5 Å². The zero-order valence-corrected chi connectivity index (χ0v) is 9.62. The van der Waals surface area contributed by atoms with Gasteiger partial charge in [-0.05, 0) is 31.2 Å². The van der Waals surface area contributed by atoms with E-state index < -0.39 is 0 Å². The highest BCUT2D eigenvalue weighted by Crippen LogP contribution is 2.50. The first-order chi connectivity index (χ1) is 7.14.